The van der Waals surface area contributed by atoms with Crippen molar-refractivity contribution in [2.45, 2.75) is 109 Å². The third-order valence-corrected chi connectivity index (χ3v) is 4.84. The van der Waals surface area contributed by atoms with Crippen molar-refractivity contribution in [2.24, 2.45) is 0 Å². The molecular weight excluding hydrogens is 342 g/mol. The van der Waals surface area contributed by atoms with E-state index in [-0.39, 0.29) is 18.3 Å². The Bertz CT molecular complexity index is 473. The number of nitrogens with one attached hydrogen (secondary N) is 1. The number of hydrogen-bond donors (Lipinski definition) is 1. The van der Waals surface area contributed by atoms with Crippen LogP contribution in [0.2, 0.25) is 0 Å². The Morgan fingerprint density at radius 2 is 1.48 bits per heavy atom. The molecule has 1 rings (SSSR count). The van der Waals surface area contributed by atoms with Crippen molar-refractivity contribution >= 4 is 17.8 Å². The van der Waals surface area contributed by atoms with E-state index >= 15 is 0 Å². The molecule has 154 valence electrons. The lowest BCUT2D eigenvalue weighted by molar-refractivity contribution is -0.154. The zero-order chi connectivity index (χ0) is 19.7. The molecule has 0 spiro atoms. The highest BCUT2D eigenvalue weighted by Gasteiger charge is 2.33. The smallest absolute Gasteiger partial charge is 0.306 e. The molecule has 0 saturated carbocycles. The summed E-state index contributed by atoms with van der Waals surface area (Å²) in [4.78, 5) is 34.0. The van der Waals surface area contributed by atoms with Crippen molar-refractivity contribution < 1.29 is 19.1 Å². The minimum absolute atomic E-state index is 0.0447. The monoisotopic (exact) mass is 379 g/mol. The van der Waals surface area contributed by atoms with Crippen LogP contribution >= 0.6 is 0 Å². The molecule has 0 radical (unpaired) electrons. The molecule has 0 aromatic heterocycles. The second kappa shape index (κ2) is 15.4. The molecule has 1 N–H and O–H groups in total. The Labute approximate surface area is 164 Å². The van der Waals surface area contributed by atoms with E-state index in [1.54, 1.807) is 0 Å². The average molecular weight is 380 g/mol. The van der Waals surface area contributed by atoms with E-state index in [1.165, 1.54) is 57.8 Å². The van der Waals surface area contributed by atoms with Gasteiger partial charge in [-0.3, -0.25) is 19.7 Å². The van der Waals surface area contributed by atoms with Gasteiger partial charge in [-0.25, -0.2) is 0 Å². The number of allylic oxidation sites excluding steroid dienone is 2. The number of amides is 2. The van der Waals surface area contributed by atoms with E-state index in [4.69, 9.17) is 4.74 Å². The number of ether oxygens (including phenoxy) is 1. The molecule has 1 heterocycles. The number of rotatable bonds is 16. The van der Waals surface area contributed by atoms with Gasteiger partial charge in [-0.15, -0.1) is 0 Å². The molecule has 0 bridgehead atoms. The van der Waals surface area contributed by atoms with Crippen LogP contribution in [0.15, 0.2) is 12.2 Å². The van der Waals surface area contributed by atoms with Crippen molar-refractivity contribution in [3.63, 3.8) is 0 Å². The van der Waals surface area contributed by atoms with Crippen molar-refractivity contribution in [2.75, 3.05) is 0 Å². The topological polar surface area (TPSA) is 72.5 Å². The van der Waals surface area contributed by atoms with Crippen LogP contribution in [0.5, 0.6) is 0 Å². The summed E-state index contributed by atoms with van der Waals surface area (Å²) in [7, 11) is 0. The van der Waals surface area contributed by atoms with E-state index in [1.807, 2.05) is 0 Å². The lowest BCUT2D eigenvalue weighted by Gasteiger charge is -2.08. The van der Waals surface area contributed by atoms with Gasteiger partial charge in [0.2, 0.25) is 5.91 Å². The number of carbonyl (C=O) groups excluding carboxylic acids is 3. The summed E-state index contributed by atoms with van der Waals surface area (Å²) in [6.45, 7) is 2.25. The minimum atomic E-state index is -0.923. The van der Waals surface area contributed by atoms with Crippen molar-refractivity contribution in [3.05, 3.63) is 12.2 Å². The fourth-order valence-electron chi connectivity index (χ4n) is 3.18. The molecule has 1 fully saturated rings. The van der Waals surface area contributed by atoms with E-state index in [0.29, 0.717) is 6.42 Å². The maximum Gasteiger partial charge on any atom is 0.306 e. The molecule has 1 atom stereocenters. The fraction of sp³-hybridized carbons (Fsp3) is 0.773. The third kappa shape index (κ3) is 12.4. The normalized spacial score (nSPS) is 16.9. The average Bonchev–Trinajstić information content (AvgIpc) is 2.95. The van der Waals surface area contributed by atoms with E-state index in [9.17, 15) is 14.4 Å². The van der Waals surface area contributed by atoms with Gasteiger partial charge in [0.05, 0.1) is 6.42 Å². The highest BCUT2D eigenvalue weighted by molar-refractivity contribution is 6.05. The lowest BCUT2D eigenvalue weighted by atomic mass is 10.1. The highest BCUT2D eigenvalue weighted by atomic mass is 16.5. The summed E-state index contributed by atoms with van der Waals surface area (Å²) < 4.78 is 5.03. The molecule has 0 aromatic carbocycles. The summed E-state index contributed by atoms with van der Waals surface area (Å²) in [5.41, 5.74) is 0. The fourth-order valence-corrected chi connectivity index (χ4v) is 3.18. The molecule has 5 heteroatoms. The second-order valence-electron chi connectivity index (χ2n) is 7.43. The van der Waals surface area contributed by atoms with Crippen molar-refractivity contribution in [3.8, 4) is 0 Å². The van der Waals surface area contributed by atoms with Crippen LogP contribution in [0.1, 0.15) is 103 Å². The Morgan fingerprint density at radius 1 is 0.926 bits per heavy atom. The van der Waals surface area contributed by atoms with Gasteiger partial charge in [-0.2, -0.15) is 0 Å². The van der Waals surface area contributed by atoms with Crippen LogP contribution in [-0.4, -0.2) is 23.9 Å². The molecule has 2 amide bonds. The van der Waals surface area contributed by atoms with Gasteiger partial charge in [-0.1, -0.05) is 70.4 Å². The quantitative estimate of drug-likeness (QED) is 0.178. The Morgan fingerprint density at radius 3 is 2.04 bits per heavy atom. The molecule has 27 heavy (non-hydrogen) atoms. The van der Waals surface area contributed by atoms with Crippen LogP contribution in [-0.2, 0) is 19.1 Å². The van der Waals surface area contributed by atoms with Gasteiger partial charge in [0, 0.05) is 6.42 Å². The van der Waals surface area contributed by atoms with Crippen molar-refractivity contribution in [1.29, 1.82) is 0 Å². The number of unbranched alkanes of at least 4 members (excludes halogenated alkanes) is 11. The molecule has 0 aromatic rings. The van der Waals surface area contributed by atoms with Gasteiger partial charge >= 0.3 is 5.97 Å². The highest BCUT2D eigenvalue weighted by Crippen LogP contribution is 2.12. The summed E-state index contributed by atoms with van der Waals surface area (Å²) in [6.07, 6.45) is 19.7. The Balaban J connectivity index is 1.84. The molecule has 1 aliphatic rings. The second-order valence-corrected chi connectivity index (χ2v) is 7.43. The van der Waals surface area contributed by atoms with E-state index in [2.05, 4.69) is 24.4 Å². The third-order valence-electron chi connectivity index (χ3n) is 4.84. The first-order valence-electron chi connectivity index (χ1n) is 10.8. The maximum absolute atomic E-state index is 11.7. The maximum atomic E-state index is 11.7. The number of hydrogen-bond acceptors (Lipinski definition) is 4. The number of esters is 1. The lowest BCUT2D eigenvalue weighted by Crippen LogP contribution is -2.28. The molecule has 1 unspecified atom stereocenters. The first kappa shape index (κ1) is 23.4. The van der Waals surface area contributed by atoms with Crippen LogP contribution < -0.4 is 5.32 Å². The molecule has 1 aliphatic heterocycles. The molecule has 5 nitrogen and oxygen atoms in total. The van der Waals surface area contributed by atoms with Gasteiger partial charge in [0.15, 0.2) is 6.10 Å². The number of carbonyl (C=O) groups is 3. The first-order valence-corrected chi connectivity index (χ1v) is 10.8. The van der Waals surface area contributed by atoms with Gasteiger partial charge in [0.1, 0.15) is 0 Å². The van der Waals surface area contributed by atoms with Gasteiger partial charge in [0.25, 0.3) is 5.91 Å². The SMILES string of the molecule is CCCCCCCC/C=C\CCCCCCCC(=O)OC1CC(=O)NC1=O. The predicted molar refractivity (Wildman–Crippen MR) is 107 cm³/mol. The zero-order valence-corrected chi connectivity index (χ0v) is 17.0. The molecule has 1 saturated heterocycles. The summed E-state index contributed by atoms with van der Waals surface area (Å²) in [6, 6.07) is 0. The molecule has 0 aliphatic carbocycles. The van der Waals surface area contributed by atoms with Crippen LogP contribution in [0.4, 0.5) is 0 Å². The summed E-state index contributed by atoms with van der Waals surface area (Å²) in [5, 5.41) is 2.13. The van der Waals surface area contributed by atoms with Crippen LogP contribution in [0.3, 0.4) is 0 Å². The van der Waals surface area contributed by atoms with Gasteiger partial charge < -0.3 is 4.74 Å². The van der Waals surface area contributed by atoms with Gasteiger partial charge in [-0.05, 0) is 32.1 Å². The standard InChI is InChI=1S/C22H37NO4/c1-2-3-4-5-6-7-8-9-10-11-12-13-14-15-16-17-21(25)27-19-18-20(24)23-22(19)26/h9-10,19H,2-8,11-18H2,1H3,(H,23,24,26)/b10-9-. The van der Waals surface area contributed by atoms with E-state index < -0.39 is 12.0 Å². The Kier molecular flexibility index (Phi) is 13.4. The first-order chi connectivity index (χ1) is 13.1. The summed E-state index contributed by atoms with van der Waals surface area (Å²) >= 11 is 0. The predicted octanol–water partition coefficient (Wildman–Crippen LogP) is 4.98. The Hall–Kier alpha value is -1.65. The largest absolute Gasteiger partial charge is 0.452 e. The molecular formula is C22H37NO4. The summed E-state index contributed by atoms with van der Waals surface area (Å²) in [5.74, 6) is -1.26. The van der Waals surface area contributed by atoms with Crippen LogP contribution in [0, 0.1) is 0 Å². The van der Waals surface area contributed by atoms with Crippen LogP contribution in [0.25, 0.3) is 0 Å². The van der Waals surface area contributed by atoms with E-state index in [0.717, 1.165) is 25.7 Å². The van der Waals surface area contributed by atoms with Crippen molar-refractivity contribution in [1.82, 2.24) is 5.32 Å². The number of imide groups is 1. The zero-order valence-electron chi connectivity index (χ0n) is 17.0. The minimum Gasteiger partial charge on any atom is -0.452 e.